The Morgan fingerprint density at radius 1 is 1.44 bits per heavy atom. The lowest BCUT2D eigenvalue weighted by atomic mass is 9.97. The zero-order valence-corrected chi connectivity index (χ0v) is 10.7. The molecular formula is C12H23NO3. The highest BCUT2D eigenvalue weighted by Gasteiger charge is 2.34. The molecule has 0 radical (unpaired) electrons. The number of carbonyl (C=O) groups is 1. The number of nitrogens with zero attached hydrogens (tertiary/aromatic N) is 1. The largest absolute Gasteiger partial charge is 0.444 e. The van der Waals surface area contributed by atoms with E-state index in [1.807, 2.05) is 27.7 Å². The molecule has 1 heterocycles. The molecule has 4 nitrogen and oxygen atoms in total. The number of hydrogen-bond acceptors (Lipinski definition) is 3. The number of rotatable bonds is 1. The summed E-state index contributed by atoms with van der Waals surface area (Å²) in [6.07, 6.45) is 2.60. The zero-order valence-electron chi connectivity index (χ0n) is 10.7. The molecule has 94 valence electrons. The second-order valence-electron chi connectivity index (χ2n) is 5.50. The summed E-state index contributed by atoms with van der Waals surface area (Å²) in [5, 5.41) is 9.28. The van der Waals surface area contributed by atoms with E-state index in [0.29, 0.717) is 0 Å². The molecule has 16 heavy (non-hydrogen) atoms. The fraction of sp³-hybridized carbons (Fsp3) is 0.917. The fourth-order valence-electron chi connectivity index (χ4n) is 2.11. The van der Waals surface area contributed by atoms with Crippen molar-refractivity contribution < 1.29 is 14.6 Å². The van der Waals surface area contributed by atoms with Gasteiger partial charge in [-0.25, -0.2) is 4.79 Å². The monoisotopic (exact) mass is 229 g/mol. The van der Waals surface area contributed by atoms with Crippen molar-refractivity contribution >= 4 is 6.09 Å². The van der Waals surface area contributed by atoms with E-state index < -0.39 is 5.60 Å². The van der Waals surface area contributed by atoms with Gasteiger partial charge in [0, 0.05) is 6.04 Å². The fourth-order valence-corrected chi connectivity index (χ4v) is 2.11. The Kier molecular flexibility index (Phi) is 4.19. The number of carbonyl (C=O) groups excluding carboxylic acids is 1. The van der Waals surface area contributed by atoms with Crippen LogP contribution in [0, 0.1) is 0 Å². The molecule has 0 saturated carbocycles. The van der Waals surface area contributed by atoms with E-state index in [1.54, 1.807) is 4.90 Å². The van der Waals surface area contributed by atoms with Crippen LogP contribution in [0.4, 0.5) is 4.79 Å². The predicted molar refractivity (Wildman–Crippen MR) is 62.3 cm³/mol. The van der Waals surface area contributed by atoms with Crippen LogP contribution in [0.5, 0.6) is 0 Å². The van der Waals surface area contributed by atoms with E-state index in [2.05, 4.69) is 0 Å². The number of ether oxygens (including phenoxy) is 1. The topological polar surface area (TPSA) is 49.8 Å². The molecule has 0 aliphatic carbocycles. The molecule has 1 amide bonds. The first-order valence-electron chi connectivity index (χ1n) is 5.97. The van der Waals surface area contributed by atoms with Crippen molar-refractivity contribution in [2.24, 2.45) is 0 Å². The molecule has 0 aromatic rings. The molecule has 1 rings (SSSR count). The van der Waals surface area contributed by atoms with Crippen molar-refractivity contribution in [3.05, 3.63) is 0 Å². The molecule has 0 bridgehead atoms. The maximum absolute atomic E-state index is 12.0. The van der Waals surface area contributed by atoms with Crippen LogP contribution in [0.15, 0.2) is 0 Å². The minimum Gasteiger partial charge on any atom is -0.444 e. The number of amides is 1. The van der Waals surface area contributed by atoms with Crippen LogP contribution >= 0.6 is 0 Å². The van der Waals surface area contributed by atoms with Gasteiger partial charge in [-0.15, -0.1) is 0 Å². The van der Waals surface area contributed by atoms with Gasteiger partial charge in [0.2, 0.25) is 0 Å². The molecule has 0 aromatic heterocycles. The molecule has 1 saturated heterocycles. The summed E-state index contributed by atoms with van der Waals surface area (Å²) < 4.78 is 5.36. The van der Waals surface area contributed by atoms with Gasteiger partial charge in [-0.05, 0) is 47.0 Å². The van der Waals surface area contributed by atoms with Crippen LogP contribution in [0.25, 0.3) is 0 Å². The molecular weight excluding hydrogens is 206 g/mol. The van der Waals surface area contributed by atoms with Crippen molar-refractivity contribution in [3.63, 3.8) is 0 Å². The van der Waals surface area contributed by atoms with E-state index in [0.717, 1.165) is 19.3 Å². The van der Waals surface area contributed by atoms with Gasteiger partial charge in [0.15, 0.2) is 0 Å². The molecule has 1 fully saturated rings. The Bertz CT molecular complexity index is 247. The molecule has 2 atom stereocenters. The van der Waals surface area contributed by atoms with Crippen molar-refractivity contribution in [2.45, 2.75) is 64.6 Å². The number of hydrogen-bond donors (Lipinski definition) is 1. The van der Waals surface area contributed by atoms with Crippen molar-refractivity contribution in [1.29, 1.82) is 0 Å². The van der Waals surface area contributed by atoms with Gasteiger partial charge in [0.05, 0.1) is 12.6 Å². The molecule has 0 spiro atoms. The lowest BCUT2D eigenvalue weighted by molar-refractivity contribution is -0.0121. The molecule has 1 N–H and O–H groups in total. The summed E-state index contributed by atoms with van der Waals surface area (Å²) in [6, 6.07) is 0.0688. The first-order chi connectivity index (χ1) is 7.35. The Morgan fingerprint density at radius 2 is 2.06 bits per heavy atom. The second kappa shape index (κ2) is 5.04. The van der Waals surface area contributed by atoms with Gasteiger partial charge < -0.3 is 14.7 Å². The number of piperidine rings is 1. The first-order valence-corrected chi connectivity index (χ1v) is 5.97. The maximum Gasteiger partial charge on any atom is 0.410 e. The maximum atomic E-state index is 12.0. The van der Waals surface area contributed by atoms with Crippen LogP contribution in [0.2, 0.25) is 0 Å². The van der Waals surface area contributed by atoms with Crippen LogP contribution in [0.3, 0.4) is 0 Å². The van der Waals surface area contributed by atoms with E-state index in [4.69, 9.17) is 4.74 Å². The summed E-state index contributed by atoms with van der Waals surface area (Å²) in [7, 11) is 0. The minimum absolute atomic E-state index is 0.0174. The summed E-state index contributed by atoms with van der Waals surface area (Å²) in [5.74, 6) is 0. The number of aliphatic hydroxyl groups excluding tert-OH is 1. The normalized spacial score (nSPS) is 26.7. The highest BCUT2D eigenvalue weighted by Crippen LogP contribution is 2.24. The van der Waals surface area contributed by atoms with Crippen LogP contribution < -0.4 is 0 Å². The van der Waals surface area contributed by atoms with E-state index >= 15 is 0 Å². The smallest absolute Gasteiger partial charge is 0.410 e. The third-order valence-electron chi connectivity index (χ3n) is 2.84. The zero-order chi connectivity index (χ0) is 12.3. The number of aliphatic hydroxyl groups is 1. The highest BCUT2D eigenvalue weighted by atomic mass is 16.6. The summed E-state index contributed by atoms with van der Waals surface area (Å²) >= 11 is 0. The first kappa shape index (κ1) is 13.3. The summed E-state index contributed by atoms with van der Waals surface area (Å²) in [4.78, 5) is 13.7. The van der Waals surface area contributed by atoms with Crippen molar-refractivity contribution in [1.82, 2.24) is 4.90 Å². The van der Waals surface area contributed by atoms with Crippen LogP contribution in [-0.4, -0.2) is 40.4 Å². The van der Waals surface area contributed by atoms with Crippen molar-refractivity contribution in [3.8, 4) is 0 Å². The molecule has 1 aliphatic rings. The standard InChI is InChI=1S/C12H23NO3/c1-9-6-5-7-10(8-14)13(9)11(15)16-12(2,3)4/h9-10,14H,5-8H2,1-4H3/t9-,10+/m1/s1. The van der Waals surface area contributed by atoms with Gasteiger partial charge >= 0.3 is 6.09 Å². The molecule has 0 aromatic carbocycles. The lowest BCUT2D eigenvalue weighted by Crippen LogP contribution is -2.52. The van der Waals surface area contributed by atoms with E-state index in [-0.39, 0.29) is 24.8 Å². The van der Waals surface area contributed by atoms with Crippen molar-refractivity contribution in [2.75, 3.05) is 6.61 Å². The minimum atomic E-state index is -0.478. The Balaban J connectivity index is 2.70. The third-order valence-corrected chi connectivity index (χ3v) is 2.84. The summed E-state index contributed by atoms with van der Waals surface area (Å²) in [5.41, 5.74) is -0.478. The SMILES string of the molecule is C[C@@H]1CCC[C@@H](CO)N1C(=O)OC(C)(C)C. The summed E-state index contributed by atoms with van der Waals surface area (Å²) in [6.45, 7) is 7.59. The van der Waals surface area contributed by atoms with Gasteiger partial charge in [-0.2, -0.15) is 0 Å². The lowest BCUT2D eigenvalue weighted by Gasteiger charge is -2.40. The number of likely N-dealkylation sites (tertiary alicyclic amines) is 1. The Morgan fingerprint density at radius 3 is 2.56 bits per heavy atom. The third kappa shape index (κ3) is 3.37. The second-order valence-corrected chi connectivity index (χ2v) is 5.50. The van der Waals surface area contributed by atoms with Gasteiger partial charge in [-0.3, -0.25) is 0 Å². The average Bonchev–Trinajstić information content (AvgIpc) is 2.14. The predicted octanol–water partition coefficient (Wildman–Crippen LogP) is 2.16. The quantitative estimate of drug-likeness (QED) is 0.749. The van der Waals surface area contributed by atoms with E-state index in [9.17, 15) is 9.90 Å². The average molecular weight is 229 g/mol. The van der Waals surface area contributed by atoms with Gasteiger partial charge in [0.25, 0.3) is 0 Å². The molecule has 0 unspecified atom stereocenters. The van der Waals surface area contributed by atoms with Gasteiger partial charge in [-0.1, -0.05) is 0 Å². The van der Waals surface area contributed by atoms with Crippen LogP contribution in [0.1, 0.15) is 47.0 Å². The Hall–Kier alpha value is -0.770. The Labute approximate surface area is 97.6 Å². The highest BCUT2D eigenvalue weighted by molar-refractivity contribution is 5.69. The van der Waals surface area contributed by atoms with Crippen LogP contribution in [-0.2, 0) is 4.74 Å². The molecule has 1 aliphatic heterocycles. The van der Waals surface area contributed by atoms with E-state index in [1.165, 1.54) is 0 Å². The molecule has 4 heteroatoms. The van der Waals surface area contributed by atoms with Gasteiger partial charge in [0.1, 0.15) is 5.60 Å².